The van der Waals surface area contributed by atoms with Crippen molar-refractivity contribution in [1.29, 1.82) is 0 Å². The largest absolute Gasteiger partial charge is 0.481 e. The first-order chi connectivity index (χ1) is 8.04. The molecule has 0 aliphatic carbocycles. The molecule has 1 amide bonds. The number of carbonyl (C=O) groups excluding carboxylic acids is 1. The van der Waals surface area contributed by atoms with E-state index in [1.165, 1.54) is 0 Å². The predicted octanol–water partition coefficient (Wildman–Crippen LogP) is -1.12. The van der Waals surface area contributed by atoms with Crippen molar-refractivity contribution < 1.29 is 14.7 Å². The van der Waals surface area contributed by atoms with E-state index in [-0.39, 0.29) is 23.4 Å². The summed E-state index contributed by atoms with van der Waals surface area (Å²) in [5.41, 5.74) is -0.538. The summed E-state index contributed by atoms with van der Waals surface area (Å²) in [6, 6.07) is 0. The second-order valence-corrected chi connectivity index (χ2v) is 3.98. The van der Waals surface area contributed by atoms with Crippen molar-refractivity contribution in [3.05, 3.63) is 10.5 Å². The van der Waals surface area contributed by atoms with Crippen LogP contribution in [0.3, 0.4) is 0 Å². The Labute approximate surface area is 100 Å². The number of likely N-dealkylation sites (N-methyl/N-ethyl adjacent to an activating group) is 1. The van der Waals surface area contributed by atoms with Gasteiger partial charge < -0.3 is 10.4 Å². The number of nitrogens with zero attached hydrogens (tertiary/aromatic N) is 2. The first kappa shape index (κ1) is 13.3. The Hall–Kier alpha value is -1.77. The number of hydrogen-bond acceptors (Lipinski definition) is 5. The molecule has 1 aromatic rings. The van der Waals surface area contributed by atoms with Crippen LogP contribution in [0.5, 0.6) is 0 Å². The Bertz CT molecular complexity index is 466. The lowest BCUT2D eigenvalue weighted by Crippen LogP contribution is -2.31. The number of carboxylic acids is 1. The third kappa shape index (κ3) is 3.94. The van der Waals surface area contributed by atoms with E-state index in [1.807, 2.05) is 0 Å². The maximum Gasteiger partial charge on any atom is 0.344 e. The summed E-state index contributed by atoms with van der Waals surface area (Å²) in [5.74, 6) is -1.57. The van der Waals surface area contributed by atoms with Gasteiger partial charge in [-0.2, -0.15) is 0 Å². The van der Waals surface area contributed by atoms with Gasteiger partial charge in [0.05, 0.1) is 5.75 Å². The summed E-state index contributed by atoms with van der Waals surface area (Å²) < 4.78 is 1.10. The van der Waals surface area contributed by atoms with Crippen LogP contribution in [-0.4, -0.2) is 44.0 Å². The van der Waals surface area contributed by atoms with Crippen LogP contribution in [0.25, 0.3) is 0 Å². The molecule has 0 saturated heterocycles. The fourth-order valence-corrected chi connectivity index (χ4v) is 1.74. The second kappa shape index (κ2) is 6.09. The maximum absolute atomic E-state index is 11.3. The van der Waals surface area contributed by atoms with Gasteiger partial charge in [0.15, 0.2) is 5.16 Å². The number of thioether (sulfide) groups is 1. The van der Waals surface area contributed by atoms with Gasteiger partial charge in [0, 0.05) is 6.54 Å². The molecular formula is C8H12N4O4S. The van der Waals surface area contributed by atoms with Gasteiger partial charge in [0.25, 0.3) is 0 Å². The van der Waals surface area contributed by atoms with Crippen LogP contribution in [0.2, 0.25) is 0 Å². The first-order valence-corrected chi connectivity index (χ1v) is 5.79. The number of aromatic amines is 1. The molecule has 9 heteroatoms. The van der Waals surface area contributed by atoms with Crippen LogP contribution in [0, 0.1) is 0 Å². The number of nitrogens with one attached hydrogen (secondary N) is 2. The summed E-state index contributed by atoms with van der Waals surface area (Å²) in [6.07, 6.45) is 0. The quantitative estimate of drug-likeness (QED) is 0.558. The van der Waals surface area contributed by atoms with Crippen molar-refractivity contribution in [2.75, 3.05) is 12.3 Å². The van der Waals surface area contributed by atoms with Crippen molar-refractivity contribution in [2.45, 2.75) is 18.6 Å². The smallest absolute Gasteiger partial charge is 0.344 e. The lowest BCUT2D eigenvalue weighted by Gasteiger charge is -2.04. The van der Waals surface area contributed by atoms with E-state index in [1.54, 1.807) is 6.92 Å². The predicted molar refractivity (Wildman–Crippen MR) is 59.9 cm³/mol. The molecule has 0 fully saturated rings. The van der Waals surface area contributed by atoms with Gasteiger partial charge in [-0.1, -0.05) is 11.8 Å². The standard InChI is InChI=1S/C8H12N4O4S/c1-2-9-5(13)3-12-7(16)10-11-8(12)17-4-6(14)15/h2-4H2,1H3,(H,9,13)(H,10,16)(H,14,15). The minimum absolute atomic E-state index is 0.175. The molecule has 0 aliphatic heterocycles. The molecule has 8 nitrogen and oxygen atoms in total. The fraction of sp³-hybridized carbons (Fsp3) is 0.500. The van der Waals surface area contributed by atoms with Gasteiger partial charge in [-0.25, -0.2) is 9.89 Å². The summed E-state index contributed by atoms with van der Waals surface area (Å²) in [7, 11) is 0. The van der Waals surface area contributed by atoms with E-state index in [4.69, 9.17) is 5.11 Å². The highest BCUT2D eigenvalue weighted by Gasteiger charge is 2.13. The summed E-state index contributed by atoms with van der Waals surface area (Å²) >= 11 is 0.877. The van der Waals surface area contributed by atoms with Gasteiger partial charge >= 0.3 is 11.7 Å². The van der Waals surface area contributed by atoms with Gasteiger partial charge in [0.2, 0.25) is 5.91 Å². The van der Waals surface area contributed by atoms with E-state index in [0.717, 1.165) is 16.3 Å². The minimum Gasteiger partial charge on any atom is -0.481 e. The molecule has 0 bridgehead atoms. The minimum atomic E-state index is -1.02. The third-order valence-corrected chi connectivity index (χ3v) is 2.68. The van der Waals surface area contributed by atoms with Crippen molar-refractivity contribution in [3.8, 4) is 0 Å². The molecule has 0 unspecified atom stereocenters. The average Bonchev–Trinajstić information content (AvgIpc) is 2.58. The van der Waals surface area contributed by atoms with Gasteiger partial charge in [-0.3, -0.25) is 14.2 Å². The molecule has 17 heavy (non-hydrogen) atoms. The molecule has 1 aromatic heterocycles. The first-order valence-electron chi connectivity index (χ1n) is 4.81. The fourth-order valence-electron chi connectivity index (χ4n) is 1.08. The topological polar surface area (TPSA) is 117 Å². The SMILES string of the molecule is CCNC(=O)Cn1c(SCC(=O)O)n[nH]c1=O. The Morgan fingerprint density at radius 2 is 2.29 bits per heavy atom. The van der Waals surface area contributed by atoms with Crippen LogP contribution >= 0.6 is 11.8 Å². The number of carboxylic acid groups (broad SMARTS) is 1. The van der Waals surface area contributed by atoms with Crippen molar-refractivity contribution in [3.63, 3.8) is 0 Å². The number of rotatable bonds is 6. The number of hydrogen-bond donors (Lipinski definition) is 3. The summed E-state index contributed by atoms with van der Waals surface area (Å²) in [5, 5.41) is 17.1. The summed E-state index contributed by atoms with van der Waals surface area (Å²) in [4.78, 5) is 33.0. The molecule has 0 aliphatic rings. The Morgan fingerprint density at radius 1 is 1.59 bits per heavy atom. The monoisotopic (exact) mass is 260 g/mol. The van der Waals surface area contributed by atoms with Gasteiger partial charge in [-0.15, -0.1) is 5.10 Å². The van der Waals surface area contributed by atoms with Crippen LogP contribution in [0.4, 0.5) is 0 Å². The van der Waals surface area contributed by atoms with Crippen molar-refractivity contribution in [1.82, 2.24) is 20.1 Å². The molecule has 0 aromatic carbocycles. The zero-order chi connectivity index (χ0) is 12.8. The molecule has 94 valence electrons. The van der Waals surface area contributed by atoms with Crippen LogP contribution in [0.1, 0.15) is 6.92 Å². The number of amides is 1. The highest BCUT2D eigenvalue weighted by Crippen LogP contribution is 2.12. The lowest BCUT2D eigenvalue weighted by molar-refractivity contribution is -0.133. The molecule has 3 N–H and O–H groups in total. The molecule has 0 saturated carbocycles. The van der Waals surface area contributed by atoms with Crippen molar-refractivity contribution >= 4 is 23.6 Å². The zero-order valence-electron chi connectivity index (χ0n) is 9.10. The lowest BCUT2D eigenvalue weighted by atomic mass is 10.5. The normalized spacial score (nSPS) is 10.2. The van der Waals surface area contributed by atoms with E-state index in [2.05, 4.69) is 15.5 Å². The highest BCUT2D eigenvalue weighted by molar-refractivity contribution is 7.99. The molecule has 0 spiro atoms. The van der Waals surface area contributed by atoms with E-state index in [9.17, 15) is 14.4 Å². The van der Waals surface area contributed by atoms with E-state index in [0.29, 0.717) is 6.54 Å². The van der Waals surface area contributed by atoms with Crippen LogP contribution < -0.4 is 11.0 Å². The van der Waals surface area contributed by atoms with Crippen LogP contribution in [0.15, 0.2) is 9.95 Å². The van der Waals surface area contributed by atoms with Gasteiger partial charge in [0.1, 0.15) is 6.54 Å². The molecule has 1 rings (SSSR count). The third-order valence-electron chi connectivity index (χ3n) is 1.72. The molecule has 0 atom stereocenters. The number of aliphatic carboxylic acids is 1. The maximum atomic E-state index is 11.3. The number of carbonyl (C=O) groups is 2. The Kier molecular flexibility index (Phi) is 4.76. The second-order valence-electron chi connectivity index (χ2n) is 3.03. The molecule has 0 radical (unpaired) electrons. The Balaban J connectivity index is 2.76. The molecule has 1 heterocycles. The molecular weight excluding hydrogens is 248 g/mol. The van der Waals surface area contributed by atoms with Crippen molar-refractivity contribution in [2.24, 2.45) is 0 Å². The van der Waals surface area contributed by atoms with E-state index < -0.39 is 11.7 Å². The zero-order valence-corrected chi connectivity index (χ0v) is 9.91. The van der Waals surface area contributed by atoms with E-state index >= 15 is 0 Å². The summed E-state index contributed by atoms with van der Waals surface area (Å²) in [6.45, 7) is 2.05. The highest BCUT2D eigenvalue weighted by atomic mass is 32.2. The number of H-pyrrole nitrogens is 1. The van der Waals surface area contributed by atoms with Gasteiger partial charge in [-0.05, 0) is 6.92 Å². The Morgan fingerprint density at radius 3 is 2.88 bits per heavy atom. The van der Waals surface area contributed by atoms with Crippen LogP contribution in [-0.2, 0) is 16.1 Å². The number of aromatic nitrogens is 3. The average molecular weight is 260 g/mol.